The van der Waals surface area contributed by atoms with Gasteiger partial charge < -0.3 is 25.2 Å². The van der Waals surface area contributed by atoms with Crippen LogP contribution in [0.15, 0.2) is 0 Å². The molecule has 0 spiro atoms. The van der Waals surface area contributed by atoms with Gasteiger partial charge in [-0.05, 0) is 0 Å². The molecule has 0 amide bonds. The Morgan fingerprint density at radius 2 is 1.82 bits per heavy atom. The lowest BCUT2D eigenvalue weighted by Crippen LogP contribution is -2.25. The number of nitrogens with zero attached hydrogens (tertiary/aromatic N) is 2. The van der Waals surface area contributed by atoms with Gasteiger partial charge in [-0.3, -0.25) is 4.79 Å². The molecule has 7 nitrogen and oxygen atoms in total. The van der Waals surface area contributed by atoms with Gasteiger partial charge in [-0.2, -0.15) is 5.26 Å². The maximum absolute atomic E-state index is 9.52. The summed E-state index contributed by atoms with van der Waals surface area (Å²) in [5.74, 6) is -0.836. The van der Waals surface area contributed by atoms with Gasteiger partial charge in [-0.1, -0.05) is 0 Å². The van der Waals surface area contributed by atoms with E-state index in [0.717, 1.165) is 0 Å². The molecule has 0 atom stereocenters. The van der Waals surface area contributed by atoms with E-state index in [1.54, 1.807) is 19.1 Å². The summed E-state index contributed by atoms with van der Waals surface area (Å²) in [6.07, 6.45) is 2.11. The average Bonchev–Trinajstić information content (AvgIpc) is 2.30. The van der Waals surface area contributed by atoms with E-state index in [9.17, 15) is 4.79 Å². The van der Waals surface area contributed by atoms with Crippen molar-refractivity contribution in [3.63, 3.8) is 0 Å². The number of ether oxygens (including phenoxy) is 2. The number of nitriles is 1. The third kappa shape index (κ3) is 17.3. The fraction of sp³-hybridized carbons (Fsp3) is 0.800. The molecule has 0 saturated heterocycles. The second-order valence-electron chi connectivity index (χ2n) is 3.01. The summed E-state index contributed by atoms with van der Waals surface area (Å²) >= 11 is 0. The normalized spacial score (nSPS) is 8.82. The monoisotopic (exact) mass is 247 g/mol. The minimum Gasteiger partial charge on any atom is -0.481 e. The highest BCUT2D eigenvalue weighted by Crippen LogP contribution is 1.84. The zero-order chi connectivity index (χ0) is 13.5. The molecule has 0 aliphatic rings. The Hall–Kier alpha value is -1.36. The van der Waals surface area contributed by atoms with E-state index in [2.05, 4.69) is 0 Å². The lowest BCUT2D eigenvalue weighted by Gasteiger charge is -2.13. The molecule has 0 aromatic carbocycles. The maximum Gasteiger partial charge on any atom is 0.304 e. The Kier molecular flexibility index (Phi) is 15.5. The van der Waals surface area contributed by atoms with Crippen LogP contribution in [0.2, 0.25) is 0 Å². The van der Waals surface area contributed by atoms with Crippen LogP contribution in [-0.2, 0) is 14.3 Å². The minimum absolute atomic E-state index is 0.0694. The highest BCUT2D eigenvalue weighted by Gasteiger charge is 1.98. The van der Waals surface area contributed by atoms with Crippen molar-refractivity contribution in [2.75, 3.05) is 47.1 Å². The molecule has 17 heavy (non-hydrogen) atoms. The topological polar surface area (TPSA) is 109 Å². The fourth-order valence-corrected chi connectivity index (χ4v) is 0.738. The van der Waals surface area contributed by atoms with E-state index >= 15 is 0 Å². The molecule has 0 unspecified atom stereocenters. The van der Waals surface area contributed by atoms with Crippen LogP contribution in [0.25, 0.3) is 0 Å². The summed E-state index contributed by atoms with van der Waals surface area (Å²) in [5.41, 5.74) is 4.85. The Bertz CT molecular complexity index is 210. The highest BCUT2D eigenvalue weighted by molar-refractivity contribution is 5.66. The van der Waals surface area contributed by atoms with Crippen LogP contribution in [-0.4, -0.2) is 63.0 Å². The van der Waals surface area contributed by atoms with Gasteiger partial charge in [0.25, 0.3) is 0 Å². The number of nitrogens with two attached hydrogens (primary N) is 1. The van der Waals surface area contributed by atoms with Gasteiger partial charge in [0.1, 0.15) is 0 Å². The summed E-state index contributed by atoms with van der Waals surface area (Å²) in [5, 5.41) is 16.4. The van der Waals surface area contributed by atoms with Crippen molar-refractivity contribution in [2.45, 2.75) is 6.42 Å². The van der Waals surface area contributed by atoms with Crippen LogP contribution in [0.3, 0.4) is 0 Å². The summed E-state index contributed by atoms with van der Waals surface area (Å²) in [7, 11) is 3.23. The molecule has 0 radical (unpaired) electrons. The van der Waals surface area contributed by atoms with Crippen LogP contribution in [0.5, 0.6) is 0 Å². The van der Waals surface area contributed by atoms with Crippen LogP contribution in [0.1, 0.15) is 6.42 Å². The molecule has 100 valence electrons. The lowest BCUT2D eigenvalue weighted by molar-refractivity contribution is -0.136. The molecule has 0 aromatic rings. The molecule has 0 saturated carbocycles. The summed E-state index contributed by atoms with van der Waals surface area (Å²) < 4.78 is 9.64. The molecule has 0 rings (SSSR count). The summed E-state index contributed by atoms with van der Waals surface area (Å²) in [6.45, 7) is 2.66. The molecule has 0 fully saturated rings. The summed E-state index contributed by atoms with van der Waals surface area (Å²) in [6, 6.07) is 0. The second kappa shape index (κ2) is 14.6. The number of carbonyl (C=O) groups is 1. The molecular formula is C10H21N3O4. The zero-order valence-corrected chi connectivity index (χ0v) is 10.4. The number of hydrogen-bond donors (Lipinski definition) is 2. The number of methoxy groups -OCH3 is 2. The predicted octanol–water partition coefficient (Wildman–Crippen LogP) is -0.518. The predicted molar refractivity (Wildman–Crippen MR) is 62.2 cm³/mol. The van der Waals surface area contributed by atoms with Gasteiger partial charge in [-0.25, -0.2) is 0 Å². The quantitative estimate of drug-likeness (QED) is 0.439. The molecule has 0 heterocycles. The van der Waals surface area contributed by atoms with Crippen LogP contribution < -0.4 is 5.73 Å². The van der Waals surface area contributed by atoms with Crippen LogP contribution in [0, 0.1) is 11.5 Å². The first-order valence-corrected chi connectivity index (χ1v) is 5.16. The average molecular weight is 247 g/mol. The second-order valence-corrected chi connectivity index (χ2v) is 3.01. The SMILES string of the molecule is COCCN(C#N)CCOC.NCCC(=O)O. The van der Waals surface area contributed by atoms with Crippen LogP contribution >= 0.6 is 0 Å². The number of carboxylic acids is 1. The molecular weight excluding hydrogens is 226 g/mol. The molecule has 0 aliphatic carbocycles. The third-order valence-corrected chi connectivity index (χ3v) is 1.63. The first kappa shape index (κ1) is 18.0. The van der Waals surface area contributed by atoms with Gasteiger partial charge in [0.2, 0.25) is 0 Å². The molecule has 0 bridgehead atoms. The maximum atomic E-state index is 9.52. The van der Waals surface area contributed by atoms with Gasteiger partial charge in [0, 0.05) is 20.8 Å². The Morgan fingerprint density at radius 3 is 2.00 bits per heavy atom. The van der Waals surface area contributed by atoms with E-state index in [1.807, 2.05) is 6.19 Å². The minimum atomic E-state index is -0.836. The third-order valence-electron chi connectivity index (χ3n) is 1.63. The summed E-state index contributed by atoms with van der Waals surface area (Å²) in [4.78, 5) is 11.1. The lowest BCUT2D eigenvalue weighted by atomic mass is 10.5. The van der Waals surface area contributed by atoms with E-state index < -0.39 is 5.97 Å². The smallest absolute Gasteiger partial charge is 0.304 e. The first-order valence-electron chi connectivity index (χ1n) is 5.16. The number of rotatable bonds is 8. The number of hydrogen-bond acceptors (Lipinski definition) is 6. The van der Waals surface area contributed by atoms with Crippen molar-refractivity contribution >= 4 is 5.97 Å². The first-order chi connectivity index (χ1) is 8.12. The molecule has 0 aromatic heterocycles. The van der Waals surface area contributed by atoms with Crippen molar-refractivity contribution in [1.82, 2.24) is 4.90 Å². The molecule has 3 N–H and O–H groups in total. The van der Waals surface area contributed by atoms with Crippen LogP contribution in [0.4, 0.5) is 0 Å². The van der Waals surface area contributed by atoms with Crippen molar-refractivity contribution in [3.8, 4) is 6.19 Å². The fourth-order valence-electron chi connectivity index (χ4n) is 0.738. The Morgan fingerprint density at radius 1 is 1.35 bits per heavy atom. The van der Waals surface area contributed by atoms with E-state index in [-0.39, 0.29) is 13.0 Å². The van der Waals surface area contributed by atoms with Crippen molar-refractivity contribution in [1.29, 1.82) is 5.26 Å². The standard InChI is InChI=1S/C7H14N2O2.C3H7NO2/c1-10-5-3-9(7-8)4-6-11-2;4-2-1-3(5)6/h3-6H2,1-2H3;1-2,4H2,(H,5,6). The zero-order valence-electron chi connectivity index (χ0n) is 10.4. The Labute approximate surface area is 102 Å². The number of carboxylic acid groups (broad SMARTS) is 1. The largest absolute Gasteiger partial charge is 0.481 e. The molecule has 0 aliphatic heterocycles. The number of aliphatic carboxylic acids is 1. The van der Waals surface area contributed by atoms with Gasteiger partial charge in [0.15, 0.2) is 6.19 Å². The molecule has 7 heteroatoms. The van der Waals surface area contributed by atoms with E-state index in [4.69, 9.17) is 25.6 Å². The van der Waals surface area contributed by atoms with Crippen molar-refractivity contribution < 1.29 is 19.4 Å². The van der Waals surface area contributed by atoms with Gasteiger partial charge in [-0.15, -0.1) is 0 Å². The Balaban J connectivity index is 0. The van der Waals surface area contributed by atoms with Gasteiger partial charge in [0.05, 0.1) is 32.7 Å². The van der Waals surface area contributed by atoms with Gasteiger partial charge >= 0.3 is 5.97 Å². The highest BCUT2D eigenvalue weighted by atomic mass is 16.5. The van der Waals surface area contributed by atoms with E-state index in [0.29, 0.717) is 26.3 Å². The van der Waals surface area contributed by atoms with Crippen molar-refractivity contribution in [3.05, 3.63) is 0 Å². The van der Waals surface area contributed by atoms with Crippen molar-refractivity contribution in [2.24, 2.45) is 5.73 Å². The van der Waals surface area contributed by atoms with E-state index in [1.165, 1.54) is 0 Å².